The summed E-state index contributed by atoms with van der Waals surface area (Å²) in [5.41, 5.74) is 1.12. The minimum Gasteiger partial charge on any atom is -0.760 e. The first-order chi connectivity index (χ1) is 8.99. The number of hydrogen-bond donors (Lipinski definition) is 0. The fourth-order valence-corrected chi connectivity index (χ4v) is 3.23. The Hall–Kier alpha value is -0.400. The molecule has 106 valence electrons. The molecule has 8 heteroatoms. The van der Waals surface area contributed by atoms with E-state index in [0.29, 0.717) is 0 Å². The van der Waals surface area contributed by atoms with Crippen molar-refractivity contribution in [2.45, 2.75) is 4.90 Å². The van der Waals surface area contributed by atoms with Gasteiger partial charge in [0.2, 0.25) is 0 Å². The van der Waals surface area contributed by atoms with Gasteiger partial charge in [0.05, 0.1) is 14.2 Å². The summed E-state index contributed by atoms with van der Waals surface area (Å²) in [6.45, 7) is 0. The fourth-order valence-electron chi connectivity index (χ4n) is 1.55. The molecule has 0 N–H and O–H groups in total. The summed E-state index contributed by atoms with van der Waals surface area (Å²) in [5, 5.41) is 0. The molecule has 1 aromatic carbocycles. The molecule has 1 heterocycles. The molecule has 1 aliphatic heterocycles. The molecule has 0 amide bonds. The Labute approximate surface area is 126 Å². The van der Waals surface area contributed by atoms with Crippen molar-refractivity contribution in [3.05, 3.63) is 23.8 Å². The monoisotopic (exact) mass is 342 g/mol. The molecular weight excluding hydrogens is 331 g/mol. The lowest BCUT2D eigenvalue weighted by Crippen LogP contribution is -2.05. The summed E-state index contributed by atoms with van der Waals surface area (Å²) >= 11 is 0. The first-order valence-corrected chi connectivity index (χ1v) is 9.17. The lowest BCUT2D eigenvalue weighted by atomic mass is 10.2. The molecule has 0 radical (unpaired) electrons. The van der Waals surface area contributed by atoms with Gasteiger partial charge in [0.1, 0.15) is 10.1 Å². The topological polar surface area (TPSA) is 58.6 Å². The van der Waals surface area contributed by atoms with Crippen LogP contribution in [0.5, 0.6) is 11.5 Å². The highest BCUT2D eigenvalue weighted by atomic mass is 35.7. The Morgan fingerprint density at radius 2 is 1.84 bits per heavy atom. The van der Waals surface area contributed by atoms with Crippen LogP contribution in [0.3, 0.4) is 0 Å². The van der Waals surface area contributed by atoms with Gasteiger partial charge in [-0.3, -0.25) is 4.21 Å². The zero-order chi connectivity index (χ0) is 14.4. The molecule has 2 rings (SSSR count). The van der Waals surface area contributed by atoms with E-state index in [2.05, 4.69) is 22.8 Å². The van der Waals surface area contributed by atoms with Gasteiger partial charge >= 0.3 is 0 Å². The highest BCUT2D eigenvalue weighted by Gasteiger charge is 2.27. The maximum Gasteiger partial charge on any atom is 0.186 e. The molecule has 2 atom stereocenters. The molecule has 0 aromatic heterocycles. The summed E-state index contributed by atoms with van der Waals surface area (Å²) in [7, 11) is 11.1. The molecule has 19 heavy (non-hydrogen) atoms. The molecule has 0 aliphatic carbocycles. The van der Waals surface area contributed by atoms with Crippen LogP contribution in [-0.4, -0.2) is 28.7 Å². The van der Waals surface area contributed by atoms with Crippen LogP contribution in [0.25, 0.3) is 6.08 Å². The maximum absolute atomic E-state index is 8.77. The normalized spacial score (nSPS) is 17.8. The lowest BCUT2D eigenvalue weighted by Gasteiger charge is -2.12. The predicted molar refractivity (Wildman–Crippen MR) is 79.7 cm³/mol. The molecule has 0 bridgehead atoms. The highest BCUT2D eigenvalue weighted by molar-refractivity contribution is 8.18. The van der Waals surface area contributed by atoms with E-state index < -0.39 is 10.3 Å². The Morgan fingerprint density at radius 1 is 1.32 bits per heavy atom. The lowest BCUT2D eigenvalue weighted by molar-refractivity contribution is 0.354. The maximum atomic E-state index is 8.77. The van der Waals surface area contributed by atoms with Crippen LogP contribution >= 0.6 is 21.4 Å². The average molecular weight is 343 g/mol. The first-order valence-electron chi connectivity index (χ1n) is 5.04. The van der Waals surface area contributed by atoms with Gasteiger partial charge < -0.3 is 14.0 Å². The Balaban J connectivity index is 0.000000399. The average Bonchev–Trinajstić information content (AvgIpc) is 2.37. The van der Waals surface area contributed by atoms with Crippen LogP contribution in [0.2, 0.25) is 0 Å². The fraction of sp³-hybridized carbons (Fsp3) is 0.273. The number of ether oxygens (including phenoxy) is 2. The van der Waals surface area contributed by atoms with E-state index >= 15 is 0 Å². The minimum atomic E-state index is -2.39. The third-order valence-corrected chi connectivity index (χ3v) is 4.49. The Bertz CT molecular complexity index is 490. The zero-order valence-corrected chi connectivity index (χ0v) is 13.4. The van der Waals surface area contributed by atoms with Crippen molar-refractivity contribution < 1.29 is 18.2 Å². The molecule has 0 spiro atoms. The Kier molecular flexibility index (Phi) is 7.02. The second-order valence-electron chi connectivity index (χ2n) is 3.34. The minimum absolute atomic E-state index is 0.237. The van der Waals surface area contributed by atoms with E-state index in [-0.39, 0.29) is 10.1 Å². The predicted octanol–water partition coefficient (Wildman–Crippen LogP) is 2.88. The van der Waals surface area contributed by atoms with Gasteiger partial charge in [-0.05, 0) is 28.9 Å². The van der Waals surface area contributed by atoms with Crippen molar-refractivity contribution in [3.8, 4) is 11.5 Å². The van der Waals surface area contributed by atoms with Crippen molar-refractivity contribution in [2.24, 2.45) is 0 Å². The molecule has 0 fully saturated rings. The first kappa shape index (κ1) is 16.7. The van der Waals surface area contributed by atoms with E-state index in [4.69, 9.17) is 28.9 Å². The number of benzene rings is 1. The third-order valence-electron chi connectivity index (χ3n) is 2.29. The van der Waals surface area contributed by atoms with E-state index in [1.165, 1.54) is 0 Å². The third kappa shape index (κ3) is 4.89. The van der Waals surface area contributed by atoms with Crippen LogP contribution in [0, 0.1) is 0 Å². The van der Waals surface area contributed by atoms with Crippen LogP contribution in [-0.2, 0) is 20.4 Å². The standard InChI is InChI=1S/C11H12ClO2S.ClHO2S/c1-13-9-6-8-4-3-5-15(12)11(8)7-10(9)14-2;1-4(2)3/h3-4,6-7H,5H2,1-2H3;(H,2,3)/q+1;/p-1. The van der Waals surface area contributed by atoms with Gasteiger partial charge in [-0.1, -0.05) is 0 Å². The van der Waals surface area contributed by atoms with E-state index in [9.17, 15) is 0 Å². The molecule has 4 nitrogen and oxygen atoms in total. The smallest absolute Gasteiger partial charge is 0.186 e. The van der Waals surface area contributed by atoms with Crippen molar-refractivity contribution in [2.75, 3.05) is 20.0 Å². The summed E-state index contributed by atoms with van der Waals surface area (Å²) in [4.78, 5) is 1.14. The van der Waals surface area contributed by atoms with Crippen molar-refractivity contribution in [1.82, 2.24) is 0 Å². The quantitative estimate of drug-likeness (QED) is 0.471. The highest BCUT2D eigenvalue weighted by Crippen LogP contribution is 2.37. The molecule has 1 aromatic rings. The second-order valence-corrected chi connectivity index (χ2v) is 7.03. The summed E-state index contributed by atoms with van der Waals surface area (Å²) in [5.74, 6) is 2.38. The second kappa shape index (κ2) is 8.01. The largest absolute Gasteiger partial charge is 0.760 e. The van der Waals surface area contributed by atoms with Gasteiger partial charge in [0.25, 0.3) is 0 Å². The van der Waals surface area contributed by atoms with Gasteiger partial charge in [-0.25, -0.2) is 0 Å². The Morgan fingerprint density at radius 3 is 2.37 bits per heavy atom. The molecule has 0 saturated carbocycles. The van der Waals surface area contributed by atoms with Crippen LogP contribution in [0.1, 0.15) is 5.56 Å². The summed E-state index contributed by atoms with van der Waals surface area (Å²) < 4.78 is 28.0. The zero-order valence-electron chi connectivity index (χ0n) is 10.2. The van der Waals surface area contributed by atoms with Crippen LogP contribution < -0.4 is 9.47 Å². The number of halogens is 2. The van der Waals surface area contributed by atoms with E-state index in [0.717, 1.165) is 27.7 Å². The molecule has 0 saturated heterocycles. The number of fused-ring (bicyclic) bond motifs is 1. The van der Waals surface area contributed by atoms with Gasteiger partial charge in [0.15, 0.2) is 32.8 Å². The van der Waals surface area contributed by atoms with Gasteiger partial charge in [-0.15, -0.1) is 0 Å². The van der Waals surface area contributed by atoms with E-state index in [1.54, 1.807) is 14.2 Å². The van der Waals surface area contributed by atoms with Crippen LogP contribution in [0.4, 0.5) is 0 Å². The molecule has 1 aliphatic rings. The van der Waals surface area contributed by atoms with Gasteiger partial charge in [0, 0.05) is 21.9 Å². The number of methoxy groups -OCH3 is 2. The van der Waals surface area contributed by atoms with E-state index in [1.807, 2.05) is 12.1 Å². The molecule has 2 unspecified atom stereocenters. The van der Waals surface area contributed by atoms with Crippen LogP contribution in [0.15, 0.2) is 23.1 Å². The van der Waals surface area contributed by atoms with Crippen molar-refractivity contribution in [1.29, 1.82) is 0 Å². The van der Waals surface area contributed by atoms with Crippen molar-refractivity contribution in [3.63, 3.8) is 0 Å². The molecular formula is C11H12Cl2O4S2. The van der Waals surface area contributed by atoms with Crippen molar-refractivity contribution >= 4 is 47.8 Å². The SMILES string of the molecule is COc1cc2c(cc1OC)[S+](Cl)CC=C2.O=S([O-])Cl. The number of hydrogen-bond acceptors (Lipinski definition) is 4. The summed E-state index contributed by atoms with van der Waals surface area (Å²) in [6.07, 6.45) is 4.16. The number of rotatable bonds is 2. The van der Waals surface area contributed by atoms with Gasteiger partial charge in [-0.2, -0.15) is 0 Å². The summed E-state index contributed by atoms with van der Waals surface area (Å²) in [6, 6.07) is 3.93.